The third kappa shape index (κ3) is 3.86. The Morgan fingerprint density at radius 1 is 1.45 bits per heavy atom. The summed E-state index contributed by atoms with van der Waals surface area (Å²) < 4.78 is 1.58. The predicted octanol–water partition coefficient (Wildman–Crippen LogP) is 1.29. The summed E-state index contributed by atoms with van der Waals surface area (Å²) in [5.74, 6) is -1.27. The molecule has 3 N–H and O–H groups in total. The highest BCUT2D eigenvalue weighted by atomic mass is 35.5. The van der Waals surface area contributed by atoms with Gasteiger partial charge < -0.3 is 15.7 Å². The van der Waals surface area contributed by atoms with Crippen LogP contribution >= 0.6 is 11.6 Å². The van der Waals surface area contributed by atoms with Crippen molar-refractivity contribution >= 4 is 23.6 Å². The third-order valence-electron chi connectivity index (χ3n) is 2.90. The van der Waals surface area contributed by atoms with Crippen LogP contribution in [0.1, 0.15) is 25.2 Å². The molecule has 1 aromatic heterocycles. The second-order valence-electron chi connectivity index (χ2n) is 4.86. The molecule has 0 aliphatic rings. The molecule has 0 fully saturated rings. The average molecular weight is 303 g/mol. The van der Waals surface area contributed by atoms with Gasteiger partial charge in [0.1, 0.15) is 6.04 Å². The van der Waals surface area contributed by atoms with Gasteiger partial charge in [0.2, 0.25) is 0 Å². The van der Waals surface area contributed by atoms with E-state index in [-0.39, 0.29) is 12.5 Å². The number of aliphatic carboxylic acids is 1. The van der Waals surface area contributed by atoms with Crippen molar-refractivity contribution in [3.63, 3.8) is 0 Å². The second-order valence-corrected chi connectivity index (χ2v) is 5.23. The van der Waals surface area contributed by atoms with Crippen molar-refractivity contribution in [1.82, 2.24) is 20.4 Å². The fraction of sp³-hybridized carbons (Fsp3) is 0.583. The van der Waals surface area contributed by atoms with E-state index in [1.54, 1.807) is 32.5 Å². The second kappa shape index (κ2) is 6.60. The number of rotatable bonds is 5. The van der Waals surface area contributed by atoms with Gasteiger partial charge in [-0.15, -0.1) is 0 Å². The maximum Gasteiger partial charge on any atom is 0.326 e. The van der Waals surface area contributed by atoms with E-state index in [1.807, 2.05) is 0 Å². The quantitative estimate of drug-likeness (QED) is 0.763. The molecule has 1 rings (SSSR count). The van der Waals surface area contributed by atoms with Crippen molar-refractivity contribution < 1.29 is 14.7 Å². The Labute approximate surface area is 122 Å². The van der Waals surface area contributed by atoms with Gasteiger partial charge in [-0.3, -0.25) is 4.68 Å². The van der Waals surface area contributed by atoms with E-state index < -0.39 is 18.0 Å². The molecule has 0 radical (unpaired) electrons. The Morgan fingerprint density at radius 3 is 2.45 bits per heavy atom. The average Bonchev–Trinajstić information content (AvgIpc) is 2.57. The summed E-state index contributed by atoms with van der Waals surface area (Å²) >= 11 is 6.05. The highest BCUT2D eigenvalue weighted by Crippen LogP contribution is 2.18. The number of carboxylic acid groups (broad SMARTS) is 1. The number of carbonyl (C=O) groups is 2. The van der Waals surface area contributed by atoms with Gasteiger partial charge >= 0.3 is 12.0 Å². The lowest BCUT2D eigenvalue weighted by molar-refractivity contribution is -0.140. The minimum absolute atomic E-state index is 0.173. The summed E-state index contributed by atoms with van der Waals surface area (Å²) in [6.45, 7) is 5.39. The van der Waals surface area contributed by atoms with E-state index in [2.05, 4.69) is 15.7 Å². The zero-order chi connectivity index (χ0) is 15.4. The molecular formula is C12H19ClN4O3. The zero-order valence-corrected chi connectivity index (χ0v) is 12.7. The Kier molecular flexibility index (Phi) is 5.38. The van der Waals surface area contributed by atoms with Crippen LogP contribution < -0.4 is 10.6 Å². The first-order valence-electron chi connectivity index (χ1n) is 6.19. The van der Waals surface area contributed by atoms with Crippen molar-refractivity contribution in [2.24, 2.45) is 13.0 Å². The number of hydrogen-bond donors (Lipinski definition) is 3. The Balaban J connectivity index is 2.61. The van der Waals surface area contributed by atoms with Gasteiger partial charge in [0.25, 0.3) is 0 Å². The van der Waals surface area contributed by atoms with Gasteiger partial charge in [-0.1, -0.05) is 25.4 Å². The molecule has 8 heteroatoms. The number of nitrogens with zero attached hydrogens (tertiary/aromatic N) is 2. The summed E-state index contributed by atoms with van der Waals surface area (Å²) in [5.41, 5.74) is 1.34. The molecule has 0 aliphatic heterocycles. The monoisotopic (exact) mass is 302 g/mol. The molecule has 0 saturated heterocycles. The topological polar surface area (TPSA) is 96.3 Å². The molecule has 1 heterocycles. The molecule has 2 amide bonds. The number of nitrogens with one attached hydrogen (secondary N) is 2. The van der Waals surface area contributed by atoms with Crippen LogP contribution in [-0.4, -0.2) is 32.9 Å². The largest absolute Gasteiger partial charge is 0.480 e. The molecule has 0 spiro atoms. The molecule has 112 valence electrons. The number of hydrogen-bond acceptors (Lipinski definition) is 3. The Bertz CT molecular complexity index is 513. The fourth-order valence-corrected chi connectivity index (χ4v) is 1.97. The maximum absolute atomic E-state index is 11.7. The highest BCUT2D eigenvalue weighted by Gasteiger charge is 2.23. The van der Waals surface area contributed by atoms with Crippen molar-refractivity contribution in [3.8, 4) is 0 Å². The predicted molar refractivity (Wildman–Crippen MR) is 74.6 cm³/mol. The normalized spacial score (nSPS) is 12.3. The van der Waals surface area contributed by atoms with Gasteiger partial charge in [-0.2, -0.15) is 5.10 Å². The zero-order valence-electron chi connectivity index (χ0n) is 11.9. The molecule has 0 aromatic carbocycles. The van der Waals surface area contributed by atoms with Gasteiger partial charge in [0.15, 0.2) is 0 Å². The number of amides is 2. The molecule has 20 heavy (non-hydrogen) atoms. The lowest BCUT2D eigenvalue weighted by Gasteiger charge is -2.18. The van der Waals surface area contributed by atoms with Crippen LogP contribution in [0.3, 0.4) is 0 Å². The summed E-state index contributed by atoms with van der Waals surface area (Å²) in [6, 6.07) is -1.49. The number of aromatic nitrogens is 2. The summed E-state index contributed by atoms with van der Waals surface area (Å²) in [7, 11) is 1.72. The van der Waals surface area contributed by atoms with E-state index >= 15 is 0 Å². The minimum Gasteiger partial charge on any atom is -0.480 e. The molecular weight excluding hydrogens is 284 g/mol. The number of carboxylic acids is 1. The number of carbonyl (C=O) groups excluding carboxylic acids is 1. The van der Waals surface area contributed by atoms with Crippen molar-refractivity contribution in [2.45, 2.75) is 33.4 Å². The molecule has 0 aliphatic carbocycles. The Hall–Kier alpha value is -1.76. The Morgan fingerprint density at radius 2 is 2.05 bits per heavy atom. The van der Waals surface area contributed by atoms with E-state index in [0.29, 0.717) is 16.4 Å². The van der Waals surface area contributed by atoms with E-state index in [1.165, 1.54) is 0 Å². The van der Waals surface area contributed by atoms with Gasteiger partial charge in [-0.25, -0.2) is 9.59 Å². The van der Waals surface area contributed by atoms with Gasteiger partial charge in [0, 0.05) is 7.05 Å². The SMILES string of the molecule is Cc1nn(C)c(CNC(=O)NC(C(=O)O)C(C)C)c1Cl. The van der Waals surface area contributed by atoms with E-state index in [0.717, 1.165) is 0 Å². The smallest absolute Gasteiger partial charge is 0.326 e. The summed E-state index contributed by atoms with van der Waals surface area (Å²) in [4.78, 5) is 22.7. The molecule has 1 aromatic rings. The minimum atomic E-state index is -1.07. The first-order chi connectivity index (χ1) is 9.23. The van der Waals surface area contributed by atoms with Crippen LogP contribution in [0, 0.1) is 12.8 Å². The lowest BCUT2D eigenvalue weighted by atomic mass is 10.1. The summed E-state index contributed by atoms with van der Waals surface area (Å²) in [6.07, 6.45) is 0. The lowest BCUT2D eigenvalue weighted by Crippen LogP contribution is -2.48. The first kappa shape index (κ1) is 16.3. The first-order valence-corrected chi connectivity index (χ1v) is 6.57. The van der Waals surface area contributed by atoms with Crippen molar-refractivity contribution in [1.29, 1.82) is 0 Å². The van der Waals surface area contributed by atoms with Crippen LogP contribution in [0.2, 0.25) is 5.02 Å². The van der Waals surface area contributed by atoms with Gasteiger partial charge in [-0.05, 0) is 12.8 Å². The number of aryl methyl sites for hydroxylation is 2. The van der Waals surface area contributed by atoms with Crippen molar-refractivity contribution in [2.75, 3.05) is 0 Å². The van der Waals surface area contributed by atoms with Crippen molar-refractivity contribution in [3.05, 3.63) is 16.4 Å². The molecule has 1 unspecified atom stereocenters. The number of halogens is 1. The molecule has 7 nitrogen and oxygen atoms in total. The van der Waals surface area contributed by atoms with Crippen LogP contribution in [0.5, 0.6) is 0 Å². The molecule has 0 saturated carbocycles. The maximum atomic E-state index is 11.7. The van der Waals surface area contributed by atoms with Crippen LogP contribution in [-0.2, 0) is 18.4 Å². The fourth-order valence-electron chi connectivity index (χ4n) is 1.74. The molecule has 0 bridgehead atoms. The highest BCUT2D eigenvalue weighted by molar-refractivity contribution is 6.31. The van der Waals surface area contributed by atoms with E-state index in [9.17, 15) is 9.59 Å². The molecule has 1 atom stereocenters. The summed E-state index contributed by atoms with van der Waals surface area (Å²) in [5, 5.41) is 18.6. The van der Waals surface area contributed by atoms with Crippen LogP contribution in [0.4, 0.5) is 4.79 Å². The standard InChI is InChI=1S/C12H19ClN4O3/c1-6(2)10(11(18)19)15-12(20)14-5-8-9(13)7(3)16-17(8)4/h6,10H,5H2,1-4H3,(H,18,19)(H2,14,15,20). The third-order valence-corrected chi connectivity index (χ3v) is 3.39. The van der Waals surface area contributed by atoms with Gasteiger partial charge in [0.05, 0.1) is 23.0 Å². The number of urea groups is 1. The van der Waals surface area contributed by atoms with Crippen LogP contribution in [0.15, 0.2) is 0 Å². The van der Waals surface area contributed by atoms with E-state index in [4.69, 9.17) is 16.7 Å². The van der Waals surface area contributed by atoms with Crippen LogP contribution in [0.25, 0.3) is 0 Å².